The zero-order valence-corrected chi connectivity index (χ0v) is 13.0. The Morgan fingerprint density at radius 1 is 1.16 bits per heavy atom. The fraction of sp³-hybridized carbons (Fsp3) is 0.111. The number of ether oxygens (including phenoxy) is 1. The Labute approximate surface area is 142 Å². The van der Waals surface area contributed by atoms with Crippen molar-refractivity contribution >= 4 is 28.6 Å². The lowest BCUT2D eigenvalue weighted by Gasteiger charge is -2.18. The van der Waals surface area contributed by atoms with Gasteiger partial charge in [-0.2, -0.15) is 0 Å². The Kier molecular flexibility index (Phi) is 3.53. The Morgan fingerprint density at radius 2 is 2.04 bits per heavy atom. The first-order chi connectivity index (χ1) is 12.1. The molecule has 0 fully saturated rings. The molecule has 0 spiro atoms. The molecule has 4 rings (SSSR count). The Bertz CT molecular complexity index is 1020. The van der Waals surface area contributed by atoms with Crippen LogP contribution in [0.3, 0.4) is 0 Å². The number of carbonyl (C=O) groups is 2. The molecule has 124 valence electrons. The van der Waals surface area contributed by atoms with E-state index < -0.39 is 5.97 Å². The van der Waals surface area contributed by atoms with Gasteiger partial charge in [-0.25, -0.2) is 9.78 Å². The van der Waals surface area contributed by atoms with Crippen molar-refractivity contribution in [3.05, 3.63) is 53.9 Å². The molecule has 2 aromatic heterocycles. The molecule has 1 aliphatic heterocycles. The molecular weight excluding hydrogens is 322 g/mol. The van der Waals surface area contributed by atoms with Crippen LogP contribution in [0.25, 0.3) is 10.9 Å². The summed E-state index contributed by atoms with van der Waals surface area (Å²) < 4.78 is 5.95. The molecule has 0 aliphatic carbocycles. The lowest BCUT2D eigenvalue weighted by atomic mass is 10.1. The first-order valence-corrected chi connectivity index (χ1v) is 7.69. The maximum atomic E-state index is 11.5. The van der Waals surface area contributed by atoms with Gasteiger partial charge in [-0.1, -0.05) is 0 Å². The van der Waals surface area contributed by atoms with Gasteiger partial charge in [0.2, 0.25) is 5.91 Å². The van der Waals surface area contributed by atoms with Crippen molar-refractivity contribution < 1.29 is 19.4 Å². The third-order valence-electron chi connectivity index (χ3n) is 4.00. The molecule has 0 bridgehead atoms. The van der Waals surface area contributed by atoms with Crippen LogP contribution < -0.4 is 10.1 Å². The number of pyridine rings is 2. The number of benzene rings is 1. The minimum absolute atomic E-state index is 0.0601. The summed E-state index contributed by atoms with van der Waals surface area (Å²) in [7, 11) is 0. The number of carboxylic acid groups (broad SMARTS) is 1. The van der Waals surface area contributed by atoms with E-state index in [2.05, 4.69) is 15.3 Å². The molecule has 1 amide bonds. The maximum Gasteiger partial charge on any atom is 0.337 e. The number of fused-ring (bicyclic) bond motifs is 2. The van der Waals surface area contributed by atoms with Crippen LogP contribution in [-0.2, 0) is 11.2 Å². The summed E-state index contributed by atoms with van der Waals surface area (Å²) in [4.78, 5) is 30.9. The second-order valence-corrected chi connectivity index (χ2v) is 5.67. The zero-order chi connectivity index (χ0) is 17.4. The number of carboxylic acids is 1. The molecule has 2 N–H and O–H groups in total. The second-order valence-electron chi connectivity index (χ2n) is 5.67. The summed E-state index contributed by atoms with van der Waals surface area (Å²) in [5.74, 6) is 0.605. The standard InChI is InChI=1S/C18H13N3O4/c22-16-4-2-13-15(5-6-19-17(13)21-16)25-12-1-3-14-10(8-12)7-11(9-20-14)18(23)24/h1,3,5-9H,2,4H2,(H,23,24)(H,19,21,22). The molecule has 7 heteroatoms. The normalized spacial score (nSPS) is 13.2. The fourth-order valence-electron chi connectivity index (χ4n) is 2.77. The first kappa shape index (κ1) is 15.1. The summed E-state index contributed by atoms with van der Waals surface area (Å²) in [6.45, 7) is 0. The molecule has 7 nitrogen and oxygen atoms in total. The van der Waals surface area contributed by atoms with Gasteiger partial charge in [-0.15, -0.1) is 0 Å². The fourth-order valence-corrected chi connectivity index (χ4v) is 2.77. The van der Waals surface area contributed by atoms with E-state index in [0.717, 1.165) is 5.56 Å². The first-order valence-electron chi connectivity index (χ1n) is 7.69. The lowest BCUT2D eigenvalue weighted by molar-refractivity contribution is -0.116. The minimum atomic E-state index is -1.03. The molecule has 0 radical (unpaired) electrons. The molecule has 0 unspecified atom stereocenters. The maximum absolute atomic E-state index is 11.5. The number of hydrogen-bond acceptors (Lipinski definition) is 5. The monoisotopic (exact) mass is 335 g/mol. The average Bonchev–Trinajstić information content (AvgIpc) is 2.61. The van der Waals surface area contributed by atoms with Gasteiger partial charge in [0.05, 0.1) is 11.1 Å². The average molecular weight is 335 g/mol. The second kappa shape index (κ2) is 5.86. The smallest absolute Gasteiger partial charge is 0.337 e. The minimum Gasteiger partial charge on any atom is -0.478 e. The van der Waals surface area contributed by atoms with Crippen molar-refractivity contribution in [3.8, 4) is 11.5 Å². The number of nitrogens with zero attached hydrogens (tertiary/aromatic N) is 2. The number of carbonyl (C=O) groups excluding carboxylic acids is 1. The highest BCUT2D eigenvalue weighted by Crippen LogP contribution is 2.33. The molecule has 3 aromatic rings. The van der Waals surface area contributed by atoms with Gasteiger partial charge in [0.25, 0.3) is 0 Å². The van der Waals surface area contributed by atoms with Crippen LogP contribution in [0.5, 0.6) is 11.5 Å². The number of aromatic carboxylic acids is 1. The van der Waals surface area contributed by atoms with Gasteiger partial charge in [0, 0.05) is 29.8 Å². The molecule has 0 saturated heterocycles. The van der Waals surface area contributed by atoms with Gasteiger partial charge in [-0.3, -0.25) is 9.78 Å². The topological polar surface area (TPSA) is 101 Å². The number of aromatic nitrogens is 2. The van der Waals surface area contributed by atoms with Crippen LogP contribution >= 0.6 is 0 Å². The van der Waals surface area contributed by atoms with Gasteiger partial charge in [-0.05, 0) is 36.8 Å². The third kappa shape index (κ3) is 2.87. The number of rotatable bonds is 3. The molecule has 0 atom stereocenters. The van der Waals surface area contributed by atoms with Crippen molar-refractivity contribution in [1.82, 2.24) is 9.97 Å². The van der Waals surface area contributed by atoms with E-state index in [1.54, 1.807) is 36.5 Å². The zero-order valence-electron chi connectivity index (χ0n) is 13.0. The predicted molar refractivity (Wildman–Crippen MR) is 90.0 cm³/mol. The van der Waals surface area contributed by atoms with Crippen LogP contribution in [0.4, 0.5) is 5.82 Å². The van der Waals surface area contributed by atoms with Crippen molar-refractivity contribution in [1.29, 1.82) is 0 Å². The highest BCUT2D eigenvalue weighted by Gasteiger charge is 2.20. The molecule has 25 heavy (non-hydrogen) atoms. The molecule has 1 aliphatic rings. The molecule has 1 aromatic carbocycles. The van der Waals surface area contributed by atoms with Crippen molar-refractivity contribution in [3.63, 3.8) is 0 Å². The van der Waals surface area contributed by atoms with Gasteiger partial charge in [0.15, 0.2) is 0 Å². The van der Waals surface area contributed by atoms with Crippen molar-refractivity contribution in [2.75, 3.05) is 5.32 Å². The Balaban J connectivity index is 1.70. The summed E-state index contributed by atoms with van der Waals surface area (Å²) >= 11 is 0. The van der Waals surface area contributed by atoms with E-state index in [-0.39, 0.29) is 11.5 Å². The Morgan fingerprint density at radius 3 is 2.88 bits per heavy atom. The highest BCUT2D eigenvalue weighted by atomic mass is 16.5. The van der Waals surface area contributed by atoms with Crippen LogP contribution in [0, 0.1) is 0 Å². The largest absolute Gasteiger partial charge is 0.478 e. The third-order valence-corrected chi connectivity index (χ3v) is 4.00. The Hall–Kier alpha value is -3.48. The lowest BCUT2D eigenvalue weighted by Crippen LogP contribution is -2.20. The van der Waals surface area contributed by atoms with E-state index in [1.807, 2.05) is 0 Å². The summed E-state index contributed by atoms with van der Waals surface area (Å²) in [5.41, 5.74) is 1.65. The predicted octanol–water partition coefficient (Wildman–Crippen LogP) is 3.01. The number of amides is 1. The van der Waals surface area contributed by atoms with Gasteiger partial charge >= 0.3 is 5.97 Å². The molecular formula is C18H13N3O4. The summed E-state index contributed by atoms with van der Waals surface area (Å²) in [6.07, 6.45) is 3.85. The van der Waals surface area contributed by atoms with Crippen molar-refractivity contribution in [2.45, 2.75) is 12.8 Å². The van der Waals surface area contributed by atoms with Crippen LogP contribution in [0.2, 0.25) is 0 Å². The van der Waals surface area contributed by atoms with Crippen LogP contribution in [-0.4, -0.2) is 27.0 Å². The SMILES string of the molecule is O=C1CCc2c(Oc3ccc4ncc(C(=O)O)cc4c3)ccnc2N1. The number of hydrogen-bond donors (Lipinski definition) is 2. The summed E-state index contributed by atoms with van der Waals surface area (Å²) in [5, 5.41) is 12.5. The number of nitrogens with one attached hydrogen (secondary N) is 1. The molecule has 3 heterocycles. The number of anilines is 1. The molecule has 0 saturated carbocycles. The van der Waals surface area contributed by atoms with Gasteiger partial charge in [0.1, 0.15) is 17.3 Å². The van der Waals surface area contributed by atoms with E-state index in [1.165, 1.54) is 6.20 Å². The quantitative estimate of drug-likeness (QED) is 0.763. The van der Waals surface area contributed by atoms with Gasteiger partial charge < -0.3 is 15.2 Å². The van der Waals surface area contributed by atoms with Crippen LogP contribution in [0.15, 0.2) is 42.7 Å². The van der Waals surface area contributed by atoms with Crippen molar-refractivity contribution in [2.24, 2.45) is 0 Å². The van der Waals surface area contributed by atoms with E-state index >= 15 is 0 Å². The highest BCUT2D eigenvalue weighted by molar-refractivity contribution is 5.94. The van der Waals surface area contributed by atoms with E-state index in [0.29, 0.717) is 41.1 Å². The summed E-state index contributed by atoms with van der Waals surface area (Å²) in [6, 6.07) is 8.57. The van der Waals surface area contributed by atoms with Crippen LogP contribution in [0.1, 0.15) is 22.3 Å². The van der Waals surface area contributed by atoms with E-state index in [9.17, 15) is 9.59 Å². The van der Waals surface area contributed by atoms with E-state index in [4.69, 9.17) is 9.84 Å².